The monoisotopic (exact) mass is 484 g/mol. The number of nitrogens with zero attached hydrogens (tertiary/aromatic N) is 2. The minimum Gasteiger partial charge on any atom is -0.490 e. The van der Waals surface area contributed by atoms with Crippen molar-refractivity contribution in [1.29, 1.82) is 0 Å². The standard InChI is InChI=1S/C28H28N4O4/c1-35-27(20-5-3-2-4-6-20)28(34)29-21-9-12-25-24(17-21)26(31-30-25)19-7-10-22(11-8-19)36-23-13-15-32(18-33)16-14-23/h2-12,17-18,23,27H,13-16H2,1H3,(H,29,34)(H,30,31)/t27-/m1/s1. The summed E-state index contributed by atoms with van der Waals surface area (Å²) in [6, 6.07) is 22.9. The first-order chi connectivity index (χ1) is 17.6. The fraction of sp³-hybridized carbons (Fsp3) is 0.250. The average Bonchev–Trinajstić information content (AvgIpc) is 3.34. The van der Waals surface area contributed by atoms with Gasteiger partial charge in [-0.05, 0) is 48.0 Å². The topological polar surface area (TPSA) is 96.5 Å². The second kappa shape index (κ2) is 10.6. The molecule has 1 atom stereocenters. The Morgan fingerprint density at radius 3 is 2.53 bits per heavy atom. The number of aromatic nitrogens is 2. The molecule has 0 radical (unpaired) electrons. The summed E-state index contributed by atoms with van der Waals surface area (Å²) in [6.45, 7) is 1.45. The van der Waals surface area contributed by atoms with E-state index in [-0.39, 0.29) is 12.0 Å². The molecule has 36 heavy (non-hydrogen) atoms. The van der Waals surface area contributed by atoms with E-state index in [0.717, 1.165) is 65.8 Å². The molecular weight excluding hydrogens is 456 g/mol. The van der Waals surface area contributed by atoms with E-state index in [1.54, 1.807) is 4.90 Å². The van der Waals surface area contributed by atoms with Gasteiger partial charge in [0.25, 0.3) is 5.91 Å². The van der Waals surface area contributed by atoms with Crippen molar-refractivity contribution in [2.24, 2.45) is 0 Å². The smallest absolute Gasteiger partial charge is 0.258 e. The molecule has 0 spiro atoms. The van der Waals surface area contributed by atoms with Crippen LogP contribution in [0.1, 0.15) is 24.5 Å². The first kappa shape index (κ1) is 23.6. The number of methoxy groups -OCH3 is 1. The average molecular weight is 485 g/mol. The second-order valence-electron chi connectivity index (χ2n) is 8.83. The number of ether oxygens (including phenoxy) is 2. The van der Waals surface area contributed by atoms with Crippen LogP contribution in [0.15, 0.2) is 72.8 Å². The fourth-order valence-electron chi connectivity index (χ4n) is 4.52. The number of nitrogens with one attached hydrogen (secondary N) is 2. The molecule has 0 aliphatic carbocycles. The van der Waals surface area contributed by atoms with Gasteiger partial charge in [-0.1, -0.05) is 30.3 Å². The van der Waals surface area contributed by atoms with Crippen LogP contribution in [0, 0.1) is 0 Å². The van der Waals surface area contributed by atoms with Gasteiger partial charge in [0, 0.05) is 49.7 Å². The molecule has 2 amide bonds. The Bertz CT molecular complexity index is 1330. The number of likely N-dealkylation sites (tertiary alicyclic amines) is 1. The SMILES string of the molecule is CO[C@@H](C(=O)Nc1ccc2[nH]nc(-c3ccc(OC4CCN(C=O)CC4)cc3)c2c1)c1ccccc1. The van der Waals surface area contributed by atoms with Gasteiger partial charge in [-0.15, -0.1) is 0 Å². The van der Waals surface area contributed by atoms with Crippen LogP contribution < -0.4 is 10.1 Å². The Labute approximate surface area is 209 Å². The molecule has 8 heteroatoms. The van der Waals surface area contributed by atoms with Gasteiger partial charge in [0.2, 0.25) is 6.41 Å². The van der Waals surface area contributed by atoms with Gasteiger partial charge in [0.15, 0.2) is 6.10 Å². The molecular formula is C28H28N4O4. The van der Waals surface area contributed by atoms with E-state index in [2.05, 4.69) is 15.5 Å². The fourth-order valence-corrected chi connectivity index (χ4v) is 4.52. The molecule has 2 N–H and O–H groups in total. The molecule has 1 aliphatic heterocycles. The first-order valence-corrected chi connectivity index (χ1v) is 12.0. The van der Waals surface area contributed by atoms with Crippen molar-refractivity contribution in [2.45, 2.75) is 25.0 Å². The molecule has 1 saturated heterocycles. The third kappa shape index (κ3) is 5.08. The third-order valence-corrected chi connectivity index (χ3v) is 6.46. The molecule has 0 unspecified atom stereocenters. The quantitative estimate of drug-likeness (QED) is 0.358. The number of benzene rings is 3. The molecule has 3 aromatic carbocycles. The summed E-state index contributed by atoms with van der Waals surface area (Å²) < 4.78 is 11.6. The van der Waals surface area contributed by atoms with Crippen molar-refractivity contribution >= 4 is 28.9 Å². The summed E-state index contributed by atoms with van der Waals surface area (Å²) in [5.41, 5.74) is 4.05. The van der Waals surface area contributed by atoms with E-state index in [0.29, 0.717) is 5.69 Å². The number of rotatable bonds is 8. The summed E-state index contributed by atoms with van der Waals surface area (Å²) in [7, 11) is 1.52. The molecule has 8 nitrogen and oxygen atoms in total. The summed E-state index contributed by atoms with van der Waals surface area (Å²) in [5.74, 6) is 0.552. The van der Waals surface area contributed by atoms with Crippen LogP contribution >= 0.6 is 0 Å². The number of carbonyl (C=O) groups excluding carboxylic acids is 2. The van der Waals surface area contributed by atoms with Gasteiger partial charge in [-0.3, -0.25) is 14.7 Å². The zero-order chi connectivity index (χ0) is 24.9. The summed E-state index contributed by atoms with van der Waals surface area (Å²) in [5, 5.41) is 11.4. The minimum absolute atomic E-state index is 0.108. The Morgan fingerprint density at radius 2 is 1.83 bits per heavy atom. The van der Waals surface area contributed by atoms with Crippen LogP contribution in [0.5, 0.6) is 5.75 Å². The molecule has 4 aromatic rings. The Morgan fingerprint density at radius 1 is 1.08 bits per heavy atom. The Balaban J connectivity index is 1.30. The van der Waals surface area contributed by atoms with E-state index in [9.17, 15) is 9.59 Å². The lowest BCUT2D eigenvalue weighted by Gasteiger charge is -2.29. The number of anilines is 1. The van der Waals surface area contributed by atoms with E-state index >= 15 is 0 Å². The van der Waals surface area contributed by atoms with Crippen LogP contribution in [0.2, 0.25) is 0 Å². The van der Waals surface area contributed by atoms with Crippen molar-refractivity contribution in [2.75, 3.05) is 25.5 Å². The highest BCUT2D eigenvalue weighted by molar-refractivity contribution is 5.99. The van der Waals surface area contributed by atoms with E-state index in [1.807, 2.05) is 72.8 Å². The normalized spacial score (nSPS) is 15.0. The number of piperidine rings is 1. The van der Waals surface area contributed by atoms with Crippen LogP contribution in [0.3, 0.4) is 0 Å². The molecule has 1 aliphatic rings. The number of aromatic amines is 1. The van der Waals surface area contributed by atoms with Gasteiger partial charge in [0.1, 0.15) is 11.9 Å². The van der Waals surface area contributed by atoms with Gasteiger partial charge >= 0.3 is 0 Å². The highest BCUT2D eigenvalue weighted by Crippen LogP contribution is 2.31. The maximum atomic E-state index is 12.9. The first-order valence-electron chi connectivity index (χ1n) is 12.0. The van der Waals surface area contributed by atoms with Crippen molar-refractivity contribution < 1.29 is 19.1 Å². The summed E-state index contributed by atoms with van der Waals surface area (Å²) in [6.07, 6.45) is 1.95. The molecule has 1 aromatic heterocycles. The molecule has 0 saturated carbocycles. The second-order valence-corrected chi connectivity index (χ2v) is 8.83. The lowest BCUT2D eigenvalue weighted by Crippen LogP contribution is -2.37. The zero-order valence-electron chi connectivity index (χ0n) is 20.0. The molecule has 5 rings (SSSR count). The zero-order valence-corrected chi connectivity index (χ0v) is 20.0. The lowest BCUT2D eigenvalue weighted by atomic mass is 10.1. The number of fused-ring (bicyclic) bond motifs is 1. The van der Waals surface area contributed by atoms with Crippen LogP contribution in [0.4, 0.5) is 5.69 Å². The van der Waals surface area contributed by atoms with Gasteiger partial charge in [-0.2, -0.15) is 5.10 Å². The van der Waals surface area contributed by atoms with Gasteiger partial charge in [-0.25, -0.2) is 0 Å². The summed E-state index contributed by atoms with van der Waals surface area (Å²) >= 11 is 0. The largest absolute Gasteiger partial charge is 0.490 e. The highest BCUT2D eigenvalue weighted by atomic mass is 16.5. The third-order valence-electron chi connectivity index (χ3n) is 6.46. The van der Waals surface area contributed by atoms with E-state index in [4.69, 9.17) is 9.47 Å². The number of hydrogen-bond donors (Lipinski definition) is 2. The minimum atomic E-state index is -0.705. The number of amides is 2. The number of carbonyl (C=O) groups is 2. The predicted molar refractivity (Wildman–Crippen MR) is 138 cm³/mol. The Kier molecular flexibility index (Phi) is 6.95. The predicted octanol–water partition coefficient (Wildman–Crippen LogP) is 4.56. The summed E-state index contributed by atoms with van der Waals surface area (Å²) in [4.78, 5) is 25.6. The molecule has 1 fully saturated rings. The number of H-pyrrole nitrogens is 1. The Hall–Kier alpha value is -4.17. The van der Waals surface area contributed by atoms with E-state index < -0.39 is 6.10 Å². The molecule has 2 heterocycles. The van der Waals surface area contributed by atoms with Crippen LogP contribution in [-0.4, -0.2) is 53.7 Å². The van der Waals surface area contributed by atoms with E-state index in [1.165, 1.54) is 7.11 Å². The maximum Gasteiger partial charge on any atom is 0.258 e. The van der Waals surface area contributed by atoms with Crippen molar-refractivity contribution in [3.05, 3.63) is 78.4 Å². The van der Waals surface area contributed by atoms with Crippen molar-refractivity contribution in [3.63, 3.8) is 0 Å². The maximum absolute atomic E-state index is 12.9. The molecule has 0 bridgehead atoms. The van der Waals surface area contributed by atoms with Gasteiger partial charge < -0.3 is 19.7 Å². The van der Waals surface area contributed by atoms with Crippen molar-refractivity contribution in [1.82, 2.24) is 15.1 Å². The highest BCUT2D eigenvalue weighted by Gasteiger charge is 2.21. The van der Waals surface area contributed by atoms with Crippen LogP contribution in [0.25, 0.3) is 22.2 Å². The lowest BCUT2D eigenvalue weighted by molar-refractivity contribution is -0.126. The number of hydrogen-bond acceptors (Lipinski definition) is 5. The van der Waals surface area contributed by atoms with Crippen LogP contribution in [-0.2, 0) is 14.3 Å². The molecule has 184 valence electrons. The van der Waals surface area contributed by atoms with Crippen molar-refractivity contribution in [3.8, 4) is 17.0 Å². The van der Waals surface area contributed by atoms with Gasteiger partial charge in [0.05, 0.1) is 11.2 Å².